The van der Waals surface area contributed by atoms with Gasteiger partial charge in [-0.15, -0.1) is 0 Å². The molecule has 0 saturated carbocycles. The number of rotatable bonds is 13. The molecule has 0 amide bonds. The average Bonchev–Trinajstić information content (AvgIpc) is 2.87. The Labute approximate surface area is 239 Å². The van der Waals surface area contributed by atoms with Crippen molar-refractivity contribution in [1.82, 2.24) is 0 Å². The maximum atomic E-state index is 6.52. The summed E-state index contributed by atoms with van der Waals surface area (Å²) in [6.45, 7) is 19.4. The third-order valence-corrected chi connectivity index (χ3v) is 9.38. The summed E-state index contributed by atoms with van der Waals surface area (Å²) in [5.74, 6) is 7.35. The van der Waals surface area contributed by atoms with E-state index in [-0.39, 0.29) is 0 Å². The molecule has 3 heteroatoms. The van der Waals surface area contributed by atoms with Crippen LogP contribution in [0.2, 0.25) is 0 Å². The molecule has 0 N–H and O–H groups in total. The predicted octanol–water partition coefficient (Wildman–Crippen LogP) is 10.1. The molecule has 3 rings (SSSR count). The van der Waals surface area contributed by atoms with Crippen molar-refractivity contribution in [3.05, 3.63) is 87.3 Å². The zero-order valence-corrected chi connectivity index (χ0v) is 26.6. The molecule has 2 aromatic rings. The van der Waals surface area contributed by atoms with Crippen LogP contribution in [0, 0.1) is 26.7 Å². The van der Waals surface area contributed by atoms with Gasteiger partial charge in [0.05, 0.1) is 13.2 Å². The van der Waals surface area contributed by atoms with E-state index in [0.29, 0.717) is 5.92 Å². The average molecular weight is 546 g/mol. The van der Waals surface area contributed by atoms with Gasteiger partial charge in [-0.3, -0.25) is 0 Å². The molecule has 0 saturated heterocycles. The van der Waals surface area contributed by atoms with E-state index in [4.69, 9.17) is 9.47 Å². The molecule has 1 aliphatic carbocycles. The molecule has 0 aromatic heterocycles. The molecule has 0 spiro atoms. The highest BCUT2D eigenvalue weighted by Crippen LogP contribution is 2.39. The molecule has 0 radical (unpaired) electrons. The molecule has 210 valence electrons. The molecule has 0 fully saturated rings. The molecule has 2 nitrogen and oxygen atoms in total. The summed E-state index contributed by atoms with van der Waals surface area (Å²) in [5, 5.41) is 1.26. The number of hydrogen-bond acceptors (Lipinski definition) is 2. The summed E-state index contributed by atoms with van der Waals surface area (Å²) in [7, 11) is -0.790. The van der Waals surface area contributed by atoms with Gasteiger partial charge in [-0.05, 0) is 87.8 Å². The second-order valence-electron chi connectivity index (χ2n) is 11.2. The van der Waals surface area contributed by atoms with Crippen molar-refractivity contribution in [1.29, 1.82) is 0 Å². The molecule has 1 aliphatic rings. The number of aryl methyl sites for hydroxylation is 3. The lowest BCUT2D eigenvalue weighted by Crippen LogP contribution is -2.10. The monoisotopic (exact) mass is 545 g/mol. The van der Waals surface area contributed by atoms with Crippen molar-refractivity contribution in [3.8, 4) is 11.5 Å². The first-order chi connectivity index (χ1) is 18.7. The van der Waals surface area contributed by atoms with Crippen molar-refractivity contribution in [3.63, 3.8) is 0 Å². The third-order valence-electron chi connectivity index (χ3n) is 7.38. The van der Waals surface area contributed by atoms with Gasteiger partial charge < -0.3 is 9.47 Å². The van der Waals surface area contributed by atoms with Gasteiger partial charge in [0.25, 0.3) is 0 Å². The Morgan fingerprint density at radius 1 is 0.769 bits per heavy atom. The summed E-state index contributed by atoms with van der Waals surface area (Å²) in [6.07, 6.45) is 11.7. The highest BCUT2D eigenvalue weighted by molar-refractivity contribution is 7.68. The Kier molecular flexibility index (Phi) is 12.1. The maximum absolute atomic E-state index is 6.52. The van der Waals surface area contributed by atoms with Crippen molar-refractivity contribution in [2.45, 2.75) is 93.9 Å². The van der Waals surface area contributed by atoms with E-state index in [2.05, 4.69) is 109 Å². The smallest absolute Gasteiger partial charge is 0.195 e. The van der Waals surface area contributed by atoms with Gasteiger partial charge in [-0.1, -0.05) is 76.3 Å². The van der Waals surface area contributed by atoms with Gasteiger partial charge in [-0.25, -0.2) is 0 Å². The molecule has 0 bridgehead atoms. The topological polar surface area (TPSA) is 18.5 Å². The Morgan fingerprint density at radius 2 is 1.36 bits per heavy atom. The largest absolute Gasteiger partial charge is 0.493 e. The van der Waals surface area contributed by atoms with E-state index in [1.807, 2.05) is 0 Å². The second-order valence-corrected chi connectivity index (χ2v) is 13.0. The van der Waals surface area contributed by atoms with Crippen LogP contribution in [0.5, 0.6) is 11.5 Å². The summed E-state index contributed by atoms with van der Waals surface area (Å²) in [4.78, 5) is 0. The lowest BCUT2D eigenvalue weighted by molar-refractivity contribution is 0.293. The van der Waals surface area contributed by atoms with Crippen LogP contribution in [0.1, 0.15) is 95.4 Å². The lowest BCUT2D eigenvalue weighted by Gasteiger charge is -2.16. The van der Waals surface area contributed by atoms with Gasteiger partial charge in [0, 0.05) is 17.2 Å². The van der Waals surface area contributed by atoms with E-state index in [1.54, 1.807) is 0 Å². The van der Waals surface area contributed by atoms with E-state index >= 15 is 0 Å². The molecule has 1 atom stereocenters. The number of allylic oxidation sites excluding steroid dienone is 5. The fourth-order valence-electron chi connectivity index (χ4n) is 5.37. The van der Waals surface area contributed by atoms with Gasteiger partial charge in [0.15, 0.2) is 18.6 Å². The standard InChI is InChI=1S/C36H50O2P/c1-9-11-13-17-37-32-15-16-36(35(23-32)38-18-14-12-10-2)39(24-33-28(5)19-26(3)20-29(33)6)25-34-30(7)21-27(4)22-31(34)8/h15-16,19-26H,9-14,17-18H2,1-8H3/q+1. The van der Waals surface area contributed by atoms with Gasteiger partial charge in [-0.2, -0.15) is 0 Å². The van der Waals surface area contributed by atoms with Crippen LogP contribution < -0.4 is 14.8 Å². The van der Waals surface area contributed by atoms with Crippen LogP contribution in [0.3, 0.4) is 0 Å². The molecule has 0 aliphatic heterocycles. The highest BCUT2D eigenvalue weighted by atomic mass is 31.1. The van der Waals surface area contributed by atoms with E-state index in [0.717, 1.165) is 37.6 Å². The summed E-state index contributed by atoms with van der Waals surface area (Å²) >= 11 is 0. The minimum atomic E-state index is -0.790. The molecular formula is C36H50O2P+. The van der Waals surface area contributed by atoms with Crippen LogP contribution >= 0.6 is 7.55 Å². The van der Waals surface area contributed by atoms with E-state index in [9.17, 15) is 0 Å². The second kappa shape index (κ2) is 15.3. The van der Waals surface area contributed by atoms with Gasteiger partial charge >= 0.3 is 0 Å². The van der Waals surface area contributed by atoms with Crippen LogP contribution in [0.4, 0.5) is 0 Å². The van der Waals surface area contributed by atoms with Crippen LogP contribution in [0.15, 0.2) is 65.0 Å². The minimum absolute atomic E-state index is 0.473. The Hall–Kier alpha value is -2.57. The van der Waals surface area contributed by atoms with Crippen molar-refractivity contribution in [2.75, 3.05) is 13.2 Å². The van der Waals surface area contributed by atoms with Gasteiger partial charge in [0.2, 0.25) is 0 Å². The van der Waals surface area contributed by atoms with E-state index in [1.165, 1.54) is 70.0 Å². The van der Waals surface area contributed by atoms with Crippen LogP contribution in [-0.4, -0.2) is 19.0 Å². The predicted molar refractivity (Wildman–Crippen MR) is 174 cm³/mol. The SMILES string of the molecule is CCCCCOc1ccc([P+](C=C2C(C)=CC(C)C=C2C)=Cc2c(C)cc(C)cc2C)c(OCCCCC)c1. The van der Waals surface area contributed by atoms with E-state index < -0.39 is 7.55 Å². The minimum Gasteiger partial charge on any atom is -0.493 e. The first-order valence-electron chi connectivity index (χ1n) is 14.9. The summed E-state index contributed by atoms with van der Waals surface area (Å²) in [6, 6.07) is 11.1. The third kappa shape index (κ3) is 8.97. The quantitative estimate of drug-likeness (QED) is 0.184. The number of ether oxygens (including phenoxy) is 2. The van der Waals surface area contributed by atoms with Crippen molar-refractivity contribution in [2.24, 2.45) is 5.92 Å². The van der Waals surface area contributed by atoms with Crippen LogP contribution in [-0.2, 0) is 0 Å². The Morgan fingerprint density at radius 3 is 1.95 bits per heavy atom. The molecule has 0 heterocycles. The Bertz CT molecular complexity index is 1200. The lowest BCUT2D eigenvalue weighted by atomic mass is 9.90. The first kappa shape index (κ1) is 31.0. The number of unbranched alkanes of at least 4 members (excludes halogenated alkanes) is 4. The van der Waals surface area contributed by atoms with Crippen LogP contribution in [0.25, 0.3) is 0 Å². The summed E-state index contributed by atoms with van der Waals surface area (Å²) in [5.41, 5.74) is 9.40. The number of benzene rings is 2. The fraction of sp³-hybridized carbons (Fsp3) is 0.472. The zero-order chi connectivity index (χ0) is 28.4. The van der Waals surface area contributed by atoms with Gasteiger partial charge in [0.1, 0.15) is 17.4 Å². The fourth-order valence-corrected chi connectivity index (χ4v) is 7.72. The normalized spacial score (nSPS) is 15.6. The van der Waals surface area contributed by atoms with Crippen molar-refractivity contribution < 1.29 is 9.47 Å². The molecular weight excluding hydrogens is 495 g/mol. The summed E-state index contributed by atoms with van der Waals surface area (Å²) < 4.78 is 12.7. The molecule has 39 heavy (non-hydrogen) atoms. The zero-order valence-electron chi connectivity index (χ0n) is 25.7. The maximum Gasteiger partial charge on any atom is 0.195 e. The number of hydrogen-bond donors (Lipinski definition) is 0. The molecule has 1 unspecified atom stereocenters. The van der Waals surface area contributed by atoms with Crippen molar-refractivity contribution >= 4 is 18.6 Å². The highest BCUT2D eigenvalue weighted by Gasteiger charge is 2.24. The molecule has 2 aromatic carbocycles. The Balaban J connectivity index is 2.15. The first-order valence-corrected chi connectivity index (χ1v) is 16.4.